The maximum atomic E-state index is 14.2. The van der Waals surface area contributed by atoms with Gasteiger partial charge in [0.1, 0.15) is 0 Å². The van der Waals surface area contributed by atoms with E-state index >= 15 is 0 Å². The van der Waals surface area contributed by atoms with Crippen LogP contribution in [0.3, 0.4) is 0 Å². The summed E-state index contributed by atoms with van der Waals surface area (Å²) in [6.07, 6.45) is 5.54. The van der Waals surface area contributed by atoms with Gasteiger partial charge in [0, 0.05) is 14.2 Å². The quantitative estimate of drug-likeness (QED) is 0.438. The van der Waals surface area contributed by atoms with Gasteiger partial charge < -0.3 is 19.3 Å². The van der Waals surface area contributed by atoms with Crippen molar-refractivity contribution >= 4 is 6.03 Å². The lowest BCUT2D eigenvalue weighted by Gasteiger charge is -2.53. The molecule has 28 heavy (non-hydrogen) atoms. The Hall–Kier alpha value is -0.810. The smallest absolute Gasteiger partial charge is 0.321 e. The molecular weight excluding hydrogens is 352 g/mol. The van der Waals surface area contributed by atoms with Gasteiger partial charge in [-0.05, 0) is 52.4 Å². The lowest BCUT2D eigenvalue weighted by molar-refractivity contribution is -0.0461. The van der Waals surface area contributed by atoms with Gasteiger partial charge >= 0.3 is 6.03 Å². The molecule has 0 aromatic carbocycles. The molecule has 0 radical (unpaired) electrons. The van der Waals surface area contributed by atoms with Crippen molar-refractivity contribution in [3.63, 3.8) is 0 Å². The number of hydrogen-bond acceptors (Lipinski definition) is 3. The third-order valence-electron chi connectivity index (χ3n) is 7.87. The van der Waals surface area contributed by atoms with Gasteiger partial charge in [0.15, 0.2) is 0 Å². The summed E-state index contributed by atoms with van der Waals surface area (Å²) in [6.45, 7) is 17.5. The lowest BCUT2D eigenvalue weighted by atomic mass is 9.68. The van der Waals surface area contributed by atoms with E-state index < -0.39 is 0 Å². The Balaban J connectivity index is 3.77. The molecular formula is C23H46N2O3. The van der Waals surface area contributed by atoms with Gasteiger partial charge in [-0.1, -0.05) is 41.5 Å². The molecule has 4 atom stereocenters. The molecule has 0 spiro atoms. The molecule has 0 aromatic rings. The molecule has 5 nitrogen and oxygen atoms in total. The van der Waals surface area contributed by atoms with Gasteiger partial charge in [-0.2, -0.15) is 0 Å². The molecule has 1 aliphatic rings. The van der Waals surface area contributed by atoms with Crippen LogP contribution in [0.15, 0.2) is 0 Å². The molecule has 0 aliphatic carbocycles. The molecule has 1 rings (SSSR count). The largest absolute Gasteiger partial charge is 0.380 e. The van der Waals surface area contributed by atoms with E-state index in [2.05, 4.69) is 65.2 Å². The zero-order valence-corrected chi connectivity index (χ0v) is 20.2. The number of carbonyl (C=O) groups excluding carboxylic acids is 1. The van der Waals surface area contributed by atoms with E-state index in [9.17, 15) is 4.79 Å². The Kier molecular flexibility index (Phi) is 9.27. The first-order valence-electron chi connectivity index (χ1n) is 11.4. The van der Waals surface area contributed by atoms with Crippen LogP contribution in [0.25, 0.3) is 0 Å². The zero-order chi connectivity index (χ0) is 21.7. The second-order valence-electron chi connectivity index (χ2n) is 8.33. The van der Waals surface area contributed by atoms with Crippen LogP contribution in [-0.4, -0.2) is 65.4 Å². The maximum Gasteiger partial charge on any atom is 0.321 e. The average molecular weight is 399 g/mol. The van der Waals surface area contributed by atoms with Crippen LogP contribution in [0.2, 0.25) is 0 Å². The van der Waals surface area contributed by atoms with Gasteiger partial charge in [-0.15, -0.1) is 0 Å². The van der Waals surface area contributed by atoms with E-state index in [4.69, 9.17) is 9.47 Å². The number of carbonyl (C=O) groups is 1. The molecule has 2 amide bonds. The molecule has 0 bridgehead atoms. The van der Waals surface area contributed by atoms with Gasteiger partial charge in [0.25, 0.3) is 0 Å². The summed E-state index contributed by atoms with van der Waals surface area (Å²) < 4.78 is 11.5. The highest BCUT2D eigenvalue weighted by atomic mass is 16.5. The van der Waals surface area contributed by atoms with Crippen molar-refractivity contribution < 1.29 is 14.3 Å². The number of hydrogen-bond donors (Lipinski definition) is 0. The fourth-order valence-electron chi connectivity index (χ4n) is 6.11. The molecule has 0 aromatic heterocycles. The topological polar surface area (TPSA) is 42.0 Å². The number of rotatable bonds is 12. The minimum absolute atomic E-state index is 0.00212. The molecule has 0 N–H and O–H groups in total. The third kappa shape index (κ3) is 3.58. The predicted octanol–water partition coefficient (Wildman–Crippen LogP) is 5.47. The summed E-state index contributed by atoms with van der Waals surface area (Å²) >= 11 is 0. The molecule has 1 heterocycles. The molecule has 0 saturated carbocycles. The van der Waals surface area contributed by atoms with E-state index in [0.29, 0.717) is 0 Å². The number of urea groups is 1. The van der Waals surface area contributed by atoms with Gasteiger partial charge in [-0.3, -0.25) is 0 Å². The SMILES string of the molecule is CCC(C(C)OC)N1C(=O)N(C(CC)C(C)OC)C(CC)(CC)C1(CC)CC. The minimum atomic E-state index is -0.206. The monoisotopic (exact) mass is 398 g/mol. The predicted molar refractivity (Wildman–Crippen MR) is 117 cm³/mol. The molecule has 1 aliphatic heterocycles. The van der Waals surface area contributed by atoms with Crippen LogP contribution in [0.5, 0.6) is 0 Å². The fourth-order valence-corrected chi connectivity index (χ4v) is 6.11. The first kappa shape index (κ1) is 25.2. The van der Waals surface area contributed by atoms with Crippen LogP contribution in [0.1, 0.15) is 93.9 Å². The Bertz CT molecular complexity index is 446. The van der Waals surface area contributed by atoms with Gasteiger partial charge in [-0.25, -0.2) is 4.79 Å². The third-order valence-corrected chi connectivity index (χ3v) is 7.87. The van der Waals surface area contributed by atoms with Crippen LogP contribution in [0.4, 0.5) is 4.79 Å². The first-order valence-corrected chi connectivity index (χ1v) is 11.4. The van der Waals surface area contributed by atoms with Crippen LogP contribution < -0.4 is 0 Å². The summed E-state index contributed by atoms with van der Waals surface area (Å²) in [4.78, 5) is 18.6. The van der Waals surface area contributed by atoms with Crippen molar-refractivity contribution in [1.29, 1.82) is 0 Å². The van der Waals surface area contributed by atoms with E-state index in [1.165, 1.54) is 0 Å². The molecule has 166 valence electrons. The second kappa shape index (κ2) is 10.3. The van der Waals surface area contributed by atoms with Crippen molar-refractivity contribution in [3.05, 3.63) is 0 Å². The molecule has 5 heteroatoms. The highest BCUT2D eigenvalue weighted by molar-refractivity contribution is 5.81. The average Bonchev–Trinajstić information content (AvgIpc) is 2.94. The van der Waals surface area contributed by atoms with Crippen LogP contribution in [0, 0.1) is 0 Å². The van der Waals surface area contributed by atoms with Crippen molar-refractivity contribution in [1.82, 2.24) is 9.80 Å². The summed E-state index contributed by atoms with van der Waals surface area (Å²) in [5.74, 6) is 0. The zero-order valence-electron chi connectivity index (χ0n) is 20.2. The van der Waals surface area contributed by atoms with E-state index in [1.54, 1.807) is 14.2 Å². The van der Waals surface area contributed by atoms with Gasteiger partial charge in [0.2, 0.25) is 0 Å². The van der Waals surface area contributed by atoms with Crippen molar-refractivity contribution in [3.8, 4) is 0 Å². The molecule has 1 fully saturated rings. The van der Waals surface area contributed by atoms with Crippen LogP contribution in [-0.2, 0) is 9.47 Å². The molecule has 1 saturated heterocycles. The lowest BCUT2D eigenvalue weighted by Crippen LogP contribution is -2.64. The fraction of sp³-hybridized carbons (Fsp3) is 0.957. The second-order valence-corrected chi connectivity index (χ2v) is 8.33. The summed E-state index contributed by atoms with van der Waals surface area (Å²) in [7, 11) is 3.50. The van der Waals surface area contributed by atoms with Crippen molar-refractivity contribution in [2.24, 2.45) is 0 Å². The number of ether oxygens (including phenoxy) is 2. The number of nitrogens with zero attached hydrogens (tertiary/aromatic N) is 2. The number of amides is 2. The first-order chi connectivity index (χ1) is 13.3. The van der Waals surface area contributed by atoms with E-state index in [1.807, 2.05) is 0 Å². The van der Waals surface area contributed by atoms with E-state index in [0.717, 1.165) is 38.5 Å². The summed E-state index contributed by atoms with van der Waals surface area (Å²) in [5, 5.41) is 0. The highest BCUT2D eigenvalue weighted by Gasteiger charge is 2.66. The van der Waals surface area contributed by atoms with Crippen molar-refractivity contribution in [2.75, 3.05) is 14.2 Å². The van der Waals surface area contributed by atoms with Crippen molar-refractivity contribution in [2.45, 2.75) is 129 Å². The standard InChI is InChI=1S/C23H46N2O3/c1-11-19(17(7)27-9)24-21(26)25(20(12-2)18(8)28-10)23(15-5,16-6)22(24,13-3)14-4/h17-20H,11-16H2,1-10H3. The normalized spacial score (nSPS) is 23.0. The Morgan fingerprint density at radius 1 is 0.714 bits per heavy atom. The van der Waals surface area contributed by atoms with Gasteiger partial charge in [0.05, 0.1) is 35.4 Å². The Morgan fingerprint density at radius 3 is 1.18 bits per heavy atom. The minimum Gasteiger partial charge on any atom is -0.380 e. The highest BCUT2D eigenvalue weighted by Crippen LogP contribution is 2.53. The van der Waals surface area contributed by atoms with E-state index in [-0.39, 0.29) is 41.4 Å². The maximum absolute atomic E-state index is 14.2. The van der Waals surface area contributed by atoms with Crippen LogP contribution >= 0.6 is 0 Å². The number of methoxy groups -OCH3 is 2. The summed E-state index contributed by atoms with van der Waals surface area (Å²) in [6, 6.07) is 0.296. The summed E-state index contributed by atoms with van der Waals surface area (Å²) in [5.41, 5.74) is -0.413. The molecule has 4 unspecified atom stereocenters. The Labute approximate surface area is 174 Å². The Morgan fingerprint density at radius 2 is 1.00 bits per heavy atom.